The Bertz CT molecular complexity index is 1090. The van der Waals surface area contributed by atoms with Crippen molar-refractivity contribution < 1.29 is 4.79 Å². The molecule has 0 radical (unpaired) electrons. The van der Waals surface area contributed by atoms with Gasteiger partial charge in [0, 0.05) is 28.2 Å². The number of thiophene rings is 1. The molecule has 0 aliphatic heterocycles. The minimum absolute atomic E-state index is 0.0167. The molecule has 1 aliphatic carbocycles. The Morgan fingerprint density at radius 2 is 2.18 bits per heavy atom. The molecule has 6 nitrogen and oxygen atoms in total. The van der Waals surface area contributed by atoms with Crippen LogP contribution in [-0.2, 0) is 19.3 Å². The van der Waals surface area contributed by atoms with Crippen LogP contribution in [-0.4, -0.2) is 27.0 Å². The topological polar surface area (TPSA) is 83.1 Å². The van der Waals surface area contributed by atoms with Crippen LogP contribution in [0.2, 0.25) is 0 Å². The molecule has 28 heavy (non-hydrogen) atoms. The zero-order valence-electron chi connectivity index (χ0n) is 16.2. The summed E-state index contributed by atoms with van der Waals surface area (Å²) in [7, 11) is 0. The van der Waals surface area contributed by atoms with Crippen molar-refractivity contribution in [1.29, 1.82) is 5.26 Å². The number of carbonyl (C=O) groups is 1. The molecular formula is C21H23N5OS. The minimum Gasteiger partial charge on any atom is -0.352 e. The first-order valence-corrected chi connectivity index (χ1v) is 10.6. The number of carbonyl (C=O) groups excluding carboxylic acids is 1. The maximum atomic E-state index is 12.5. The standard InChI is InChI=1S/C21H23N5OS/c1-13-10-14(2)26-20(24-13)16(11-22)18(25-26)7-5-9-23-21(27)17-12-28-19-8-4-3-6-15(17)19/h10,12H,3-9H2,1-2H3,(H,23,27). The van der Waals surface area contributed by atoms with Gasteiger partial charge < -0.3 is 5.32 Å². The highest BCUT2D eigenvalue weighted by Crippen LogP contribution is 2.30. The van der Waals surface area contributed by atoms with Crippen LogP contribution in [0.5, 0.6) is 0 Å². The number of hydrogen-bond donors (Lipinski definition) is 1. The van der Waals surface area contributed by atoms with Crippen molar-refractivity contribution >= 4 is 22.9 Å². The lowest BCUT2D eigenvalue weighted by Gasteiger charge is -2.12. The normalized spacial score (nSPS) is 13.3. The van der Waals surface area contributed by atoms with Gasteiger partial charge in [-0.2, -0.15) is 10.4 Å². The Morgan fingerprint density at radius 3 is 3.00 bits per heavy atom. The van der Waals surface area contributed by atoms with Crippen LogP contribution in [0.3, 0.4) is 0 Å². The highest BCUT2D eigenvalue weighted by molar-refractivity contribution is 7.10. The smallest absolute Gasteiger partial charge is 0.252 e. The van der Waals surface area contributed by atoms with E-state index >= 15 is 0 Å². The van der Waals surface area contributed by atoms with Crippen LogP contribution in [0, 0.1) is 25.2 Å². The average molecular weight is 394 g/mol. The Hall–Kier alpha value is -2.72. The number of amides is 1. The van der Waals surface area contributed by atoms with Gasteiger partial charge in [-0.1, -0.05) is 0 Å². The van der Waals surface area contributed by atoms with Crippen LogP contribution in [0.1, 0.15) is 62.7 Å². The summed E-state index contributed by atoms with van der Waals surface area (Å²) in [5.41, 5.74) is 5.82. The predicted molar refractivity (Wildman–Crippen MR) is 109 cm³/mol. The molecule has 0 spiro atoms. The lowest BCUT2D eigenvalue weighted by Crippen LogP contribution is -2.25. The predicted octanol–water partition coefficient (Wildman–Crippen LogP) is 3.52. The Labute approximate surface area is 168 Å². The van der Waals surface area contributed by atoms with Crippen LogP contribution in [0.15, 0.2) is 11.4 Å². The van der Waals surface area contributed by atoms with Crippen molar-refractivity contribution in [3.8, 4) is 6.07 Å². The van der Waals surface area contributed by atoms with E-state index in [1.807, 2.05) is 25.3 Å². The molecule has 1 N–H and O–H groups in total. The summed E-state index contributed by atoms with van der Waals surface area (Å²) in [6, 6.07) is 4.20. The van der Waals surface area contributed by atoms with E-state index in [4.69, 9.17) is 0 Å². The fraction of sp³-hybridized carbons (Fsp3) is 0.429. The van der Waals surface area contributed by atoms with Crippen LogP contribution < -0.4 is 5.32 Å². The maximum absolute atomic E-state index is 12.5. The second-order valence-corrected chi connectivity index (χ2v) is 8.29. The van der Waals surface area contributed by atoms with Crippen molar-refractivity contribution in [3.05, 3.63) is 50.1 Å². The second kappa shape index (κ2) is 7.72. The Morgan fingerprint density at radius 1 is 1.36 bits per heavy atom. The van der Waals surface area contributed by atoms with Gasteiger partial charge in [-0.25, -0.2) is 9.50 Å². The molecule has 0 saturated carbocycles. The van der Waals surface area contributed by atoms with Gasteiger partial charge in [0.2, 0.25) is 0 Å². The number of fused-ring (bicyclic) bond motifs is 2. The van der Waals surface area contributed by atoms with Gasteiger partial charge >= 0.3 is 0 Å². The van der Waals surface area contributed by atoms with E-state index in [-0.39, 0.29) is 5.91 Å². The van der Waals surface area contributed by atoms with E-state index < -0.39 is 0 Å². The number of aryl methyl sites for hydroxylation is 4. The molecule has 4 rings (SSSR count). The van der Waals surface area contributed by atoms with Crippen molar-refractivity contribution in [2.24, 2.45) is 0 Å². The first kappa shape index (κ1) is 18.6. The zero-order valence-corrected chi connectivity index (χ0v) is 17.0. The largest absolute Gasteiger partial charge is 0.352 e. The van der Waals surface area contributed by atoms with Gasteiger partial charge in [-0.05, 0) is 64.0 Å². The maximum Gasteiger partial charge on any atom is 0.252 e. The minimum atomic E-state index is 0.0167. The van der Waals surface area contributed by atoms with E-state index in [2.05, 4.69) is 21.5 Å². The monoisotopic (exact) mass is 393 g/mol. The zero-order chi connectivity index (χ0) is 19.7. The molecular weight excluding hydrogens is 370 g/mol. The fourth-order valence-electron chi connectivity index (χ4n) is 3.89. The van der Waals surface area contributed by atoms with Crippen LogP contribution >= 0.6 is 11.3 Å². The SMILES string of the molecule is Cc1cc(C)n2nc(CCCNC(=O)c3csc4c3CCCC4)c(C#N)c2n1. The summed E-state index contributed by atoms with van der Waals surface area (Å²) in [6.07, 6.45) is 5.87. The van der Waals surface area contributed by atoms with E-state index in [1.54, 1.807) is 15.9 Å². The lowest BCUT2D eigenvalue weighted by molar-refractivity contribution is 0.0952. The molecule has 144 valence electrons. The third-order valence-corrected chi connectivity index (χ3v) is 6.35. The number of nitrogens with zero attached hydrogens (tertiary/aromatic N) is 4. The summed E-state index contributed by atoms with van der Waals surface area (Å²) in [5, 5.41) is 19.2. The van der Waals surface area contributed by atoms with E-state index in [1.165, 1.54) is 23.3 Å². The molecule has 0 fully saturated rings. The quantitative estimate of drug-likeness (QED) is 0.672. The summed E-state index contributed by atoms with van der Waals surface area (Å²) in [4.78, 5) is 18.4. The number of aromatic nitrogens is 3. The summed E-state index contributed by atoms with van der Waals surface area (Å²) < 4.78 is 1.73. The summed E-state index contributed by atoms with van der Waals surface area (Å²) in [5.74, 6) is 0.0167. The third-order valence-electron chi connectivity index (χ3n) is 5.26. The average Bonchev–Trinajstić information content (AvgIpc) is 3.26. The molecule has 0 unspecified atom stereocenters. The van der Waals surface area contributed by atoms with E-state index in [0.29, 0.717) is 24.2 Å². The second-order valence-electron chi connectivity index (χ2n) is 7.33. The first-order chi connectivity index (χ1) is 13.6. The first-order valence-electron chi connectivity index (χ1n) is 9.72. The number of nitriles is 1. The molecule has 3 heterocycles. The number of hydrogen-bond acceptors (Lipinski definition) is 5. The molecule has 0 aromatic carbocycles. The summed E-state index contributed by atoms with van der Waals surface area (Å²) >= 11 is 1.71. The summed E-state index contributed by atoms with van der Waals surface area (Å²) in [6.45, 7) is 4.44. The van der Waals surface area contributed by atoms with Gasteiger partial charge in [0.15, 0.2) is 5.65 Å². The van der Waals surface area contributed by atoms with Gasteiger partial charge in [0.05, 0.1) is 11.3 Å². The van der Waals surface area contributed by atoms with Crippen molar-refractivity contribution in [2.75, 3.05) is 6.54 Å². The third kappa shape index (κ3) is 3.40. The molecule has 0 atom stereocenters. The van der Waals surface area contributed by atoms with Crippen LogP contribution in [0.4, 0.5) is 0 Å². The molecule has 7 heteroatoms. The number of rotatable bonds is 5. The lowest BCUT2D eigenvalue weighted by atomic mass is 9.95. The van der Waals surface area contributed by atoms with Crippen molar-refractivity contribution in [1.82, 2.24) is 19.9 Å². The van der Waals surface area contributed by atoms with Gasteiger partial charge in [-0.3, -0.25) is 4.79 Å². The van der Waals surface area contributed by atoms with Gasteiger partial charge in [0.25, 0.3) is 5.91 Å². The van der Waals surface area contributed by atoms with Gasteiger partial charge in [-0.15, -0.1) is 11.3 Å². The van der Waals surface area contributed by atoms with Crippen LogP contribution in [0.25, 0.3) is 5.65 Å². The molecule has 1 aliphatic rings. The van der Waals surface area contributed by atoms with E-state index in [0.717, 1.165) is 41.9 Å². The van der Waals surface area contributed by atoms with Crippen molar-refractivity contribution in [2.45, 2.75) is 52.4 Å². The highest BCUT2D eigenvalue weighted by atomic mass is 32.1. The van der Waals surface area contributed by atoms with Crippen molar-refractivity contribution in [3.63, 3.8) is 0 Å². The fourth-order valence-corrected chi connectivity index (χ4v) is 5.02. The Kier molecular flexibility index (Phi) is 5.14. The number of nitrogens with one attached hydrogen (secondary N) is 1. The van der Waals surface area contributed by atoms with E-state index in [9.17, 15) is 10.1 Å². The highest BCUT2D eigenvalue weighted by Gasteiger charge is 2.20. The molecule has 0 saturated heterocycles. The molecule has 0 bridgehead atoms. The van der Waals surface area contributed by atoms with Gasteiger partial charge in [0.1, 0.15) is 11.6 Å². The molecule has 1 amide bonds. The molecule has 3 aromatic rings. The molecule has 3 aromatic heterocycles. The Balaban J connectivity index is 1.41.